The number of ether oxygens (including phenoxy) is 2. The highest BCUT2D eigenvalue weighted by Gasteiger charge is 2.01. The molecule has 0 aliphatic carbocycles. The van der Waals surface area contributed by atoms with Crippen LogP contribution >= 0.6 is 24.0 Å². The molecule has 0 heterocycles. The van der Waals surface area contributed by atoms with Crippen molar-refractivity contribution in [3.63, 3.8) is 0 Å². The molecule has 0 unspecified atom stereocenters. The fourth-order valence-electron chi connectivity index (χ4n) is 1.41. The zero-order valence-corrected chi connectivity index (χ0v) is 15.1. The van der Waals surface area contributed by atoms with E-state index in [1.54, 1.807) is 7.11 Å². The highest BCUT2D eigenvalue weighted by atomic mass is 127. The molecule has 7 heteroatoms. The summed E-state index contributed by atoms with van der Waals surface area (Å²) in [5.74, 6) is 0.623. The average molecular weight is 401 g/mol. The predicted octanol–water partition coefficient (Wildman–Crippen LogP) is 1.54. The van der Waals surface area contributed by atoms with Gasteiger partial charge >= 0.3 is 5.97 Å². The Morgan fingerprint density at radius 3 is 2.55 bits per heavy atom. The Labute approximate surface area is 139 Å². The molecule has 0 radical (unpaired) electrons. The number of esters is 1. The van der Waals surface area contributed by atoms with Crippen molar-refractivity contribution in [1.29, 1.82) is 0 Å². The summed E-state index contributed by atoms with van der Waals surface area (Å²) < 4.78 is 9.84. The van der Waals surface area contributed by atoms with Gasteiger partial charge in [0.2, 0.25) is 0 Å². The van der Waals surface area contributed by atoms with Crippen molar-refractivity contribution in [2.24, 2.45) is 4.99 Å². The van der Waals surface area contributed by atoms with Crippen LogP contribution in [0.3, 0.4) is 0 Å². The lowest BCUT2D eigenvalue weighted by Gasteiger charge is -2.10. The minimum atomic E-state index is -0.157. The number of hydrogen-bond donors (Lipinski definition) is 2. The number of methoxy groups -OCH3 is 1. The lowest BCUT2D eigenvalue weighted by molar-refractivity contribution is -0.143. The van der Waals surface area contributed by atoms with E-state index in [-0.39, 0.29) is 29.9 Å². The smallest absolute Gasteiger partial charge is 0.305 e. The Hall–Kier alpha value is -0.570. The Balaban J connectivity index is 0. The van der Waals surface area contributed by atoms with Crippen LogP contribution in [-0.4, -0.2) is 51.9 Å². The molecule has 0 bridgehead atoms. The van der Waals surface area contributed by atoms with Crippen LogP contribution in [0.1, 0.15) is 33.1 Å². The largest absolute Gasteiger partial charge is 0.466 e. The van der Waals surface area contributed by atoms with Gasteiger partial charge in [0.15, 0.2) is 5.96 Å². The van der Waals surface area contributed by atoms with Crippen LogP contribution in [0.5, 0.6) is 0 Å². The molecule has 0 aromatic heterocycles. The number of hydrogen-bond acceptors (Lipinski definition) is 4. The molecule has 0 aliphatic rings. The summed E-state index contributed by atoms with van der Waals surface area (Å²) in [5, 5.41) is 6.37. The number of rotatable bonds is 10. The molecule has 0 aromatic rings. The van der Waals surface area contributed by atoms with Gasteiger partial charge < -0.3 is 20.1 Å². The predicted molar refractivity (Wildman–Crippen MR) is 91.8 cm³/mol. The first-order valence-corrected chi connectivity index (χ1v) is 6.91. The summed E-state index contributed by atoms with van der Waals surface area (Å²) in [6, 6.07) is 0. The second-order valence-corrected chi connectivity index (χ2v) is 3.94. The number of guanidine groups is 1. The lowest BCUT2D eigenvalue weighted by atomic mass is 10.3. The quantitative estimate of drug-likeness (QED) is 0.191. The van der Waals surface area contributed by atoms with Crippen LogP contribution in [0.2, 0.25) is 0 Å². The van der Waals surface area contributed by atoms with E-state index in [1.807, 2.05) is 13.8 Å². The highest BCUT2D eigenvalue weighted by Crippen LogP contribution is 1.93. The van der Waals surface area contributed by atoms with Crippen LogP contribution in [0, 0.1) is 0 Å². The minimum absolute atomic E-state index is 0. The van der Waals surface area contributed by atoms with E-state index in [9.17, 15) is 4.79 Å². The lowest BCUT2D eigenvalue weighted by Crippen LogP contribution is -2.38. The van der Waals surface area contributed by atoms with Crippen LogP contribution in [0.25, 0.3) is 0 Å². The standard InChI is InChI=1S/C13H27N3O3.HI/c1-4-14-13(16-10-7-11-18-3)15-9-6-8-12(17)19-5-2;/h4-11H2,1-3H3,(H2,14,15,16);1H. The number of nitrogens with zero attached hydrogens (tertiary/aromatic N) is 1. The minimum Gasteiger partial charge on any atom is -0.466 e. The zero-order chi connectivity index (χ0) is 14.3. The third-order valence-corrected chi connectivity index (χ3v) is 2.28. The molecular weight excluding hydrogens is 373 g/mol. The van der Waals surface area contributed by atoms with Gasteiger partial charge in [-0.15, -0.1) is 24.0 Å². The SMILES string of the molecule is CCNC(=NCCCC(=O)OCC)NCCCOC.I. The average Bonchev–Trinajstić information content (AvgIpc) is 2.39. The third kappa shape index (κ3) is 13.9. The van der Waals surface area contributed by atoms with Crippen LogP contribution < -0.4 is 10.6 Å². The molecule has 0 amide bonds. The number of aliphatic imine (C=N–C) groups is 1. The molecule has 20 heavy (non-hydrogen) atoms. The van der Waals surface area contributed by atoms with Crippen LogP contribution in [0.4, 0.5) is 0 Å². The van der Waals surface area contributed by atoms with Gasteiger partial charge in [0, 0.05) is 39.8 Å². The summed E-state index contributed by atoms with van der Waals surface area (Å²) in [7, 11) is 1.69. The van der Waals surface area contributed by atoms with Gasteiger partial charge in [-0.25, -0.2) is 0 Å². The monoisotopic (exact) mass is 401 g/mol. The fraction of sp³-hybridized carbons (Fsp3) is 0.846. The normalized spacial score (nSPS) is 10.7. The molecule has 0 aromatic carbocycles. The van der Waals surface area contributed by atoms with Crippen molar-refractivity contribution in [3.05, 3.63) is 0 Å². The van der Waals surface area contributed by atoms with Crippen molar-refractivity contribution in [3.8, 4) is 0 Å². The van der Waals surface area contributed by atoms with E-state index in [0.717, 1.165) is 32.1 Å². The summed E-state index contributed by atoms with van der Waals surface area (Å²) in [4.78, 5) is 15.5. The van der Waals surface area contributed by atoms with Gasteiger partial charge in [-0.1, -0.05) is 0 Å². The molecule has 0 saturated heterocycles. The van der Waals surface area contributed by atoms with Gasteiger partial charge in [0.1, 0.15) is 0 Å². The van der Waals surface area contributed by atoms with E-state index >= 15 is 0 Å². The number of carbonyl (C=O) groups excluding carboxylic acids is 1. The Kier molecular flexibility index (Phi) is 17.9. The van der Waals surface area contributed by atoms with E-state index in [0.29, 0.717) is 26.0 Å². The van der Waals surface area contributed by atoms with Gasteiger partial charge in [-0.2, -0.15) is 0 Å². The van der Waals surface area contributed by atoms with Gasteiger partial charge in [-0.3, -0.25) is 9.79 Å². The Morgan fingerprint density at radius 1 is 1.20 bits per heavy atom. The van der Waals surface area contributed by atoms with Crippen molar-refractivity contribution in [2.75, 3.05) is 40.0 Å². The van der Waals surface area contributed by atoms with Crippen molar-refractivity contribution < 1.29 is 14.3 Å². The first-order chi connectivity index (χ1) is 9.24. The van der Waals surface area contributed by atoms with E-state index in [2.05, 4.69) is 15.6 Å². The molecular formula is C13H28IN3O3. The van der Waals surface area contributed by atoms with Crippen molar-refractivity contribution in [1.82, 2.24) is 10.6 Å². The fourth-order valence-corrected chi connectivity index (χ4v) is 1.41. The molecule has 0 saturated carbocycles. The maximum atomic E-state index is 11.1. The van der Waals surface area contributed by atoms with Crippen molar-refractivity contribution in [2.45, 2.75) is 33.1 Å². The van der Waals surface area contributed by atoms with Crippen molar-refractivity contribution >= 4 is 35.9 Å². The van der Waals surface area contributed by atoms with Gasteiger partial charge in [0.25, 0.3) is 0 Å². The van der Waals surface area contributed by atoms with Crippen LogP contribution in [-0.2, 0) is 14.3 Å². The number of halogens is 1. The van der Waals surface area contributed by atoms with E-state index in [4.69, 9.17) is 9.47 Å². The third-order valence-electron chi connectivity index (χ3n) is 2.28. The van der Waals surface area contributed by atoms with Gasteiger partial charge in [0.05, 0.1) is 6.61 Å². The Bertz CT molecular complexity index is 263. The summed E-state index contributed by atoms with van der Waals surface area (Å²) in [6.45, 7) is 7.24. The molecule has 0 aliphatic heterocycles. The molecule has 2 N–H and O–H groups in total. The molecule has 120 valence electrons. The molecule has 0 atom stereocenters. The van der Waals surface area contributed by atoms with Gasteiger partial charge in [-0.05, 0) is 26.7 Å². The maximum Gasteiger partial charge on any atom is 0.305 e. The first kappa shape index (κ1) is 21.7. The number of carbonyl (C=O) groups is 1. The molecule has 0 rings (SSSR count). The summed E-state index contributed by atoms with van der Waals surface area (Å²) >= 11 is 0. The summed E-state index contributed by atoms with van der Waals surface area (Å²) in [5.41, 5.74) is 0. The number of nitrogens with one attached hydrogen (secondary N) is 2. The zero-order valence-electron chi connectivity index (χ0n) is 12.7. The topological polar surface area (TPSA) is 72.0 Å². The second kappa shape index (κ2) is 16.5. The second-order valence-electron chi connectivity index (χ2n) is 3.94. The Morgan fingerprint density at radius 2 is 1.95 bits per heavy atom. The molecule has 0 spiro atoms. The van der Waals surface area contributed by atoms with Crippen LogP contribution in [0.15, 0.2) is 4.99 Å². The maximum absolute atomic E-state index is 11.1. The van der Waals surface area contributed by atoms with E-state index in [1.165, 1.54) is 0 Å². The highest BCUT2D eigenvalue weighted by molar-refractivity contribution is 14.0. The molecule has 0 fully saturated rings. The first-order valence-electron chi connectivity index (χ1n) is 6.91. The van der Waals surface area contributed by atoms with E-state index < -0.39 is 0 Å². The molecule has 6 nitrogen and oxygen atoms in total. The summed E-state index contributed by atoms with van der Waals surface area (Å²) in [6.07, 6.45) is 2.05.